The monoisotopic (exact) mass is 421 g/mol. The highest BCUT2D eigenvalue weighted by Gasteiger charge is 2.39. The number of nitro groups is 1. The van der Waals surface area contributed by atoms with E-state index in [9.17, 15) is 28.1 Å². The van der Waals surface area contributed by atoms with Gasteiger partial charge in [0.1, 0.15) is 5.56 Å². The average Bonchev–Trinajstić information content (AvgIpc) is 2.72. The Bertz CT molecular complexity index is 921. The van der Waals surface area contributed by atoms with Crippen LogP contribution in [0.25, 0.3) is 0 Å². The highest BCUT2D eigenvalue weighted by Crippen LogP contribution is 2.38. The first-order valence-corrected chi connectivity index (χ1v) is 9.59. The second-order valence-electron chi connectivity index (χ2n) is 7.42. The van der Waals surface area contributed by atoms with Gasteiger partial charge in [0.05, 0.1) is 4.92 Å². The molecule has 0 radical (unpaired) electrons. The maximum absolute atomic E-state index is 13.2. The summed E-state index contributed by atoms with van der Waals surface area (Å²) in [7, 11) is 0. The molecule has 1 fully saturated rings. The normalized spacial score (nSPS) is 15.1. The van der Waals surface area contributed by atoms with E-state index in [-0.39, 0.29) is 17.5 Å². The molecule has 3 rings (SSSR count). The van der Waals surface area contributed by atoms with Crippen LogP contribution in [-0.2, 0) is 17.5 Å². The molecule has 1 heterocycles. The zero-order chi connectivity index (χ0) is 21.9. The first-order chi connectivity index (χ1) is 14.1. The summed E-state index contributed by atoms with van der Waals surface area (Å²) in [6.07, 6.45) is -3.82. The molecule has 0 saturated carbocycles. The van der Waals surface area contributed by atoms with Gasteiger partial charge in [-0.15, -0.1) is 0 Å². The highest BCUT2D eigenvalue weighted by atomic mass is 19.4. The molecule has 160 valence electrons. The number of aryl methyl sites for hydroxylation is 1. The van der Waals surface area contributed by atoms with Crippen molar-refractivity contribution in [3.63, 3.8) is 0 Å². The van der Waals surface area contributed by atoms with Crippen molar-refractivity contribution in [2.45, 2.75) is 32.5 Å². The summed E-state index contributed by atoms with van der Waals surface area (Å²) in [5.74, 6) is -0.290. The minimum absolute atomic E-state index is 0.0742. The molecule has 0 atom stereocenters. The minimum atomic E-state index is -4.81. The number of hydrogen-bond donors (Lipinski definition) is 1. The highest BCUT2D eigenvalue weighted by molar-refractivity contribution is 5.79. The Hall–Kier alpha value is -3.10. The Morgan fingerprint density at radius 2 is 1.80 bits per heavy atom. The van der Waals surface area contributed by atoms with E-state index in [1.807, 2.05) is 31.2 Å². The number of carbonyl (C=O) groups excluding carboxylic acids is 1. The lowest BCUT2D eigenvalue weighted by Gasteiger charge is -2.33. The van der Waals surface area contributed by atoms with Gasteiger partial charge in [-0.2, -0.15) is 13.2 Å². The van der Waals surface area contributed by atoms with Crippen LogP contribution in [0.3, 0.4) is 0 Å². The topological polar surface area (TPSA) is 75.5 Å². The van der Waals surface area contributed by atoms with Crippen LogP contribution in [0.5, 0.6) is 0 Å². The Morgan fingerprint density at radius 1 is 1.17 bits per heavy atom. The van der Waals surface area contributed by atoms with Crippen molar-refractivity contribution in [2.24, 2.45) is 5.92 Å². The number of nitro benzene ring substituents is 1. The fourth-order valence-electron chi connectivity index (χ4n) is 3.55. The first-order valence-electron chi connectivity index (χ1n) is 9.59. The Balaban J connectivity index is 1.60. The Labute approximate surface area is 171 Å². The van der Waals surface area contributed by atoms with Crippen LogP contribution >= 0.6 is 0 Å². The van der Waals surface area contributed by atoms with Crippen LogP contribution in [0, 0.1) is 23.0 Å². The van der Waals surface area contributed by atoms with Crippen LogP contribution in [-0.4, -0.2) is 23.9 Å². The quantitative estimate of drug-likeness (QED) is 0.572. The van der Waals surface area contributed by atoms with Gasteiger partial charge in [0.15, 0.2) is 0 Å². The summed E-state index contributed by atoms with van der Waals surface area (Å²) in [5, 5.41) is 13.8. The van der Waals surface area contributed by atoms with Crippen molar-refractivity contribution >= 4 is 17.3 Å². The predicted octanol–water partition coefficient (Wildman–Crippen LogP) is 4.45. The molecule has 1 N–H and O–H groups in total. The van der Waals surface area contributed by atoms with Gasteiger partial charge in [-0.05, 0) is 37.5 Å². The molecule has 9 heteroatoms. The molecule has 0 unspecified atom stereocenters. The molecule has 0 aromatic heterocycles. The summed E-state index contributed by atoms with van der Waals surface area (Å²) >= 11 is 0. The molecule has 1 saturated heterocycles. The molecule has 30 heavy (non-hydrogen) atoms. The zero-order valence-electron chi connectivity index (χ0n) is 16.4. The largest absolute Gasteiger partial charge is 0.423 e. The van der Waals surface area contributed by atoms with E-state index in [1.54, 1.807) is 4.90 Å². The molecule has 1 aliphatic rings. The van der Waals surface area contributed by atoms with E-state index in [2.05, 4.69) is 5.32 Å². The van der Waals surface area contributed by atoms with Gasteiger partial charge in [0.2, 0.25) is 5.91 Å². The molecule has 0 bridgehead atoms. The number of anilines is 1. The van der Waals surface area contributed by atoms with Gasteiger partial charge >= 0.3 is 6.18 Å². The van der Waals surface area contributed by atoms with Gasteiger partial charge in [0.25, 0.3) is 5.69 Å². The zero-order valence-corrected chi connectivity index (χ0v) is 16.4. The van der Waals surface area contributed by atoms with Crippen LogP contribution in [0.1, 0.15) is 29.5 Å². The molecule has 0 spiro atoms. The van der Waals surface area contributed by atoms with E-state index < -0.39 is 22.4 Å². The lowest BCUT2D eigenvalue weighted by atomic mass is 9.95. The van der Waals surface area contributed by atoms with E-state index in [0.717, 1.165) is 23.3 Å². The van der Waals surface area contributed by atoms with Crippen molar-refractivity contribution < 1.29 is 22.9 Å². The molecule has 1 amide bonds. The van der Waals surface area contributed by atoms with E-state index in [0.29, 0.717) is 32.5 Å². The number of nitrogens with one attached hydrogen (secondary N) is 1. The number of alkyl halides is 3. The second-order valence-corrected chi connectivity index (χ2v) is 7.42. The Morgan fingerprint density at radius 3 is 2.37 bits per heavy atom. The minimum Gasteiger partial charge on any atom is -0.371 e. The van der Waals surface area contributed by atoms with Gasteiger partial charge in [-0.3, -0.25) is 14.9 Å². The van der Waals surface area contributed by atoms with Crippen molar-refractivity contribution in [3.8, 4) is 0 Å². The fourth-order valence-corrected chi connectivity index (χ4v) is 3.55. The molecular weight excluding hydrogens is 399 g/mol. The molecule has 2 aromatic rings. The maximum Gasteiger partial charge on any atom is 0.423 e. The fraction of sp³-hybridized carbons (Fsp3) is 0.381. The number of hydrogen-bond acceptors (Lipinski definition) is 4. The van der Waals surface area contributed by atoms with Crippen molar-refractivity contribution in [2.75, 3.05) is 18.0 Å². The number of amides is 1. The number of nitrogens with zero attached hydrogens (tertiary/aromatic N) is 2. The first kappa shape index (κ1) is 21.6. The van der Waals surface area contributed by atoms with Crippen LogP contribution in [0.15, 0.2) is 42.5 Å². The second kappa shape index (κ2) is 8.73. The van der Waals surface area contributed by atoms with Crippen molar-refractivity contribution in [1.82, 2.24) is 5.32 Å². The summed E-state index contributed by atoms with van der Waals surface area (Å²) in [6.45, 7) is 3.21. The van der Waals surface area contributed by atoms with E-state index >= 15 is 0 Å². The third kappa shape index (κ3) is 5.08. The van der Waals surface area contributed by atoms with E-state index in [1.165, 1.54) is 6.07 Å². The maximum atomic E-state index is 13.2. The van der Waals surface area contributed by atoms with Gasteiger partial charge in [-0.25, -0.2) is 0 Å². The third-order valence-electron chi connectivity index (χ3n) is 5.30. The van der Waals surface area contributed by atoms with Crippen LogP contribution in [0.4, 0.5) is 24.5 Å². The van der Waals surface area contributed by atoms with Crippen LogP contribution in [0.2, 0.25) is 0 Å². The number of benzene rings is 2. The predicted molar refractivity (Wildman–Crippen MR) is 106 cm³/mol. The summed E-state index contributed by atoms with van der Waals surface area (Å²) in [5.41, 5.74) is 0.181. The number of rotatable bonds is 5. The molecule has 6 nitrogen and oxygen atoms in total. The van der Waals surface area contributed by atoms with Crippen molar-refractivity contribution in [3.05, 3.63) is 69.3 Å². The third-order valence-corrected chi connectivity index (χ3v) is 5.30. The smallest absolute Gasteiger partial charge is 0.371 e. The standard InChI is InChI=1S/C21H22F3N3O3/c1-14-2-4-15(5-3-14)13-25-20(28)16-8-10-26(11-9-16)17-6-7-19(27(29)30)18(12-17)21(22,23)24/h2-7,12,16H,8-11,13H2,1H3,(H,25,28). The lowest BCUT2D eigenvalue weighted by Crippen LogP contribution is -2.40. The van der Waals surface area contributed by atoms with Crippen LogP contribution < -0.4 is 10.2 Å². The van der Waals surface area contributed by atoms with E-state index in [4.69, 9.17) is 0 Å². The summed E-state index contributed by atoms with van der Waals surface area (Å²) in [6, 6.07) is 10.9. The summed E-state index contributed by atoms with van der Waals surface area (Å²) < 4.78 is 39.6. The SMILES string of the molecule is Cc1ccc(CNC(=O)C2CCN(c3ccc([N+](=O)[O-])c(C(F)(F)F)c3)CC2)cc1. The number of piperidine rings is 1. The number of carbonyl (C=O) groups is 1. The average molecular weight is 421 g/mol. The van der Waals surface area contributed by atoms with Gasteiger partial charge in [0, 0.05) is 37.3 Å². The number of halogens is 3. The summed E-state index contributed by atoms with van der Waals surface area (Å²) in [4.78, 5) is 24.0. The van der Waals surface area contributed by atoms with Gasteiger partial charge < -0.3 is 10.2 Å². The van der Waals surface area contributed by atoms with Gasteiger partial charge in [-0.1, -0.05) is 29.8 Å². The Kier molecular flexibility index (Phi) is 6.28. The molecule has 1 aliphatic heterocycles. The van der Waals surface area contributed by atoms with Crippen molar-refractivity contribution in [1.29, 1.82) is 0 Å². The molecular formula is C21H22F3N3O3. The molecule has 0 aliphatic carbocycles. The lowest BCUT2D eigenvalue weighted by molar-refractivity contribution is -0.388. The molecule has 2 aromatic carbocycles.